The van der Waals surface area contributed by atoms with Crippen LogP contribution in [0.3, 0.4) is 0 Å². The van der Waals surface area contributed by atoms with E-state index in [2.05, 4.69) is 46.3 Å². The summed E-state index contributed by atoms with van der Waals surface area (Å²) in [6, 6.07) is 10.9. The Labute approximate surface area is 103 Å². The molecule has 0 aromatic heterocycles. The van der Waals surface area contributed by atoms with Gasteiger partial charge in [-0.1, -0.05) is 34.1 Å². The summed E-state index contributed by atoms with van der Waals surface area (Å²) < 4.78 is 0. The van der Waals surface area contributed by atoms with E-state index in [0.29, 0.717) is 5.25 Å². The van der Waals surface area contributed by atoms with E-state index >= 15 is 0 Å². The van der Waals surface area contributed by atoms with Gasteiger partial charge >= 0.3 is 0 Å². The van der Waals surface area contributed by atoms with Crippen LogP contribution >= 0.6 is 27.7 Å². The molecular weight excluding hydrogens is 270 g/mol. The summed E-state index contributed by atoms with van der Waals surface area (Å²) in [6.45, 7) is 0. The third-order valence-corrected chi connectivity index (χ3v) is 4.76. The second kappa shape index (κ2) is 5.05. The van der Waals surface area contributed by atoms with Crippen LogP contribution in [0.2, 0.25) is 0 Å². The van der Waals surface area contributed by atoms with Crippen LogP contribution in [0.15, 0.2) is 29.2 Å². The van der Waals surface area contributed by atoms with Crippen LogP contribution in [0.4, 0.5) is 0 Å². The van der Waals surface area contributed by atoms with Crippen molar-refractivity contribution in [2.24, 2.45) is 5.92 Å². The molecule has 2 atom stereocenters. The number of fused-ring (bicyclic) bond motifs is 1. The Kier molecular flexibility index (Phi) is 3.71. The average Bonchev–Trinajstić information content (AvgIpc) is 2.68. The van der Waals surface area contributed by atoms with E-state index in [0.717, 1.165) is 18.2 Å². The molecule has 0 bridgehead atoms. The summed E-state index contributed by atoms with van der Waals surface area (Å²) in [5, 5.41) is 10.3. The van der Waals surface area contributed by atoms with Gasteiger partial charge in [0.1, 0.15) is 0 Å². The molecule has 2 unspecified atom stereocenters. The molecule has 78 valence electrons. The first kappa shape index (κ1) is 11.0. The molecule has 1 nitrogen and oxygen atoms in total. The summed E-state index contributed by atoms with van der Waals surface area (Å²) >= 11 is 5.31. The van der Waals surface area contributed by atoms with Crippen LogP contribution < -0.4 is 0 Å². The third-order valence-electron chi connectivity index (χ3n) is 2.63. The average molecular weight is 282 g/mol. The highest BCUT2D eigenvalue weighted by atomic mass is 79.9. The van der Waals surface area contributed by atoms with Gasteiger partial charge in [0.15, 0.2) is 0 Å². The SMILES string of the molecule is N#CC(CBr)CC1Cc2ccccc2S1. The number of benzene rings is 1. The molecule has 0 fully saturated rings. The van der Waals surface area contributed by atoms with Crippen molar-refractivity contribution in [2.45, 2.75) is 23.0 Å². The minimum atomic E-state index is 0.150. The zero-order chi connectivity index (χ0) is 10.7. The zero-order valence-corrected chi connectivity index (χ0v) is 10.7. The Balaban J connectivity index is 1.99. The van der Waals surface area contributed by atoms with Crippen molar-refractivity contribution in [1.82, 2.24) is 0 Å². The summed E-state index contributed by atoms with van der Waals surface area (Å²) in [6.07, 6.45) is 2.10. The van der Waals surface area contributed by atoms with E-state index in [1.807, 2.05) is 11.8 Å². The fourth-order valence-corrected chi connectivity index (χ4v) is 3.67. The Morgan fingerprint density at radius 2 is 2.33 bits per heavy atom. The van der Waals surface area contributed by atoms with Gasteiger partial charge in [-0.25, -0.2) is 0 Å². The van der Waals surface area contributed by atoms with E-state index in [1.54, 1.807) is 0 Å². The van der Waals surface area contributed by atoms with Gasteiger partial charge in [-0.15, -0.1) is 11.8 Å². The molecule has 1 aliphatic rings. The molecule has 1 aromatic carbocycles. The number of hydrogen-bond donors (Lipinski definition) is 0. The summed E-state index contributed by atoms with van der Waals surface area (Å²) in [4.78, 5) is 1.40. The molecular formula is C12H12BrNS. The number of alkyl halides is 1. The van der Waals surface area contributed by atoms with Gasteiger partial charge in [0.05, 0.1) is 12.0 Å². The Morgan fingerprint density at radius 3 is 3.00 bits per heavy atom. The highest BCUT2D eigenvalue weighted by Gasteiger charge is 2.24. The molecule has 0 saturated carbocycles. The lowest BCUT2D eigenvalue weighted by atomic mass is 10.0. The number of thioether (sulfide) groups is 1. The van der Waals surface area contributed by atoms with Gasteiger partial charge in [0.25, 0.3) is 0 Å². The van der Waals surface area contributed by atoms with Crippen LogP contribution in [0.5, 0.6) is 0 Å². The van der Waals surface area contributed by atoms with Gasteiger partial charge in [-0.2, -0.15) is 5.26 Å². The third kappa shape index (κ3) is 2.56. The number of hydrogen-bond acceptors (Lipinski definition) is 2. The lowest BCUT2D eigenvalue weighted by Gasteiger charge is -2.10. The summed E-state index contributed by atoms with van der Waals surface area (Å²) in [7, 11) is 0. The standard InChI is InChI=1S/C12H12BrNS/c13-7-9(8-14)5-11-6-10-3-1-2-4-12(10)15-11/h1-4,9,11H,5-7H2. The molecule has 0 N–H and O–H groups in total. The number of nitrogens with zero attached hydrogens (tertiary/aromatic N) is 1. The first-order chi connectivity index (χ1) is 7.33. The smallest absolute Gasteiger partial charge is 0.0665 e. The van der Waals surface area contributed by atoms with Crippen molar-refractivity contribution >= 4 is 27.7 Å². The molecule has 0 amide bonds. The maximum absolute atomic E-state index is 8.91. The predicted molar refractivity (Wildman–Crippen MR) is 67.3 cm³/mol. The Morgan fingerprint density at radius 1 is 1.53 bits per heavy atom. The van der Waals surface area contributed by atoms with Crippen LogP contribution in [-0.2, 0) is 6.42 Å². The highest BCUT2D eigenvalue weighted by Crippen LogP contribution is 2.39. The molecule has 1 aromatic rings. The minimum absolute atomic E-state index is 0.150. The van der Waals surface area contributed by atoms with Gasteiger partial charge in [-0.05, 0) is 24.5 Å². The monoisotopic (exact) mass is 281 g/mol. The quantitative estimate of drug-likeness (QED) is 0.790. The zero-order valence-electron chi connectivity index (χ0n) is 8.32. The summed E-state index contributed by atoms with van der Waals surface area (Å²) in [5.74, 6) is 0.150. The predicted octanol–water partition coefficient (Wildman–Crippen LogP) is 3.63. The first-order valence-electron chi connectivity index (χ1n) is 5.03. The van der Waals surface area contributed by atoms with Crippen molar-refractivity contribution in [3.05, 3.63) is 29.8 Å². The van der Waals surface area contributed by atoms with Crippen LogP contribution in [0, 0.1) is 17.2 Å². The Bertz CT molecular complexity index is 360. The lowest BCUT2D eigenvalue weighted by molar-refractivity contribution is 0.646. The molecule has 15 heavy (non-hydrogen) atoms. The molecule has 3 heteroatoms. The van der Waals surface area contributed by atoms with Crippen molar-refractivity contribution < 1.29 is 0 Å². The number of halogens is 1. The van der Waals surface area contributed by atoms with Gasteiger partial charge in [0, 0.05) is 15.5 Å². The molecule has 1 aliphatic heterocycles. The molecule has 0 radical (unpaired) electrons. The molecule has 0 spiro atoms. The topological polar surface area (TPSA) is 23.8 Å². The van der Waals surface area contributed by atoms with Gasteiger partial charge < -0.3 is 0 Å². The first-order valence-corrected chi connectivity index (χ1v) is 7.03. The van der Waals surface area contributed by atoms with Gasteiger partial charge in [0.2, 0.25) is 0 Å². The number of rotatable bonds is 3. The fraction of sp³-hybridized carbons (Fsp3) is 0.417. The second-order valence-electron chi connectivity index (χ2n) is 3.77. The van der Waals surface area contributed by atoms with E-state index in [1.165, 1.54) is 10.5 Å². The largest absolute Gasteiger partial charge is 0.198 e. The Hall–Kier alpha value is -0.460. The van der Waals surface area contributed by atoms with Crippen molar-refractivity contribution in [1.29, 1.82) is 5.26 Å². The van der Waals surface area contributed by atoms with Gasteiger partial charge in [-0.3, -0.25) is 0 Å². The minimum Gasteiger partial charge on any atom is -0.198 e. The van der Waals surface area contributed by atoms with Crippen molar-refractivity contribution in [3.8, 4) is 6.07 Å². The van der Waals surface area contributed by atoms with Crippen LogP contribution in [0.1, 0.15) is 12.0 Å². The van der Waals surface area contributed by atoms with E-state index in [9.17, 15) is 0 Å². The maximum atomic E-state index is 8.91. The van der Waals surface area contributed by atoms with Crippen molar-refractivity contribution in [2.75, 3.05) is 5.33 Å². The van der Waals surface area contributed by atoms with E-state index < -0.39 is 0 Å². The van der Waals surface area contributed by atoms with E-state index in [-0.39, 0.29) is 5.92 Å². The second-order valence-corrected chi connectivity index (χ2v) is 5.76. The molecule has 0 saturated heterocycles. The molecule has 1 heterocycles. The van der Waals surface area contributed by atoms with E-state index in [4.69, 9.17) is 5.26 Å². The highest BCUT2D eigenvalue weighted by molar-refractivity contribution is 9.09. The van der Waals surface area contributed by atoms with Crippen LogP contribution in [-0.4, -0.2) is 10.6 Å². The lowest BCUT2D eigenvalue weighted by Crippen LogP contribution is -2.09. The van der Waals surface area contributed by atoms with Crippen molar-refractivity contribution in [3.63, 3.8) is 0 Å². The number of nitriles is 1. The normalized spacial score (nSPS) is 20.7. The summed E-state index contributed by atoms with van der Waals surface area (Å²) in [5.41, 5.74) is 1.44. The maximum Gasteiger partial charge on any atom is 0.0665 e. The fourth-order valence-electron chi connectivity index (χ4n) is 1.85. The molecule has 2 rings (SSSR count). The van der Waals surface area contributed by atoms with Crippen LogP contribution in [0.25, 0.3) is 0 Å². The molecule has 0 aliphatic carbocycles.